The van der Waals surface area contributed by atoms with Gasteiger partial charge in [0.2, 0.25) is 0 Å². The number of halogens is 1. The van der Waals surface area contributed by atoms with Crippen LogP contribution in [0, 0.1) is 18.7 Å². The van der Waals surface area contributed by atoms with Crippen LogP contribution in [-0.4, -0.2) is 38.1 Å². The number of rotatable bonds is 2. The number of likely N-dealkylation sites (tertiary alicyclic amines) is 1. The predicted octanol–water partition coefficient (Wildman–Crippen LogP) is 2.34. The van der Waals surface area contributed by atoms with Gasteiger partial charge in [-0.2, -0.15) is 0 Å². The fourth-order valence-corrected chi connectivity index (χ4v) is 2.74. The van der Waals surface area contributed by atoms with Crippen molar-refractivity contribution in [1.29, 1.82) is 0 Å². The Morgan fingerprint density at radius 3 is 2.84 bits per heavy atom. The third-order valence-corrected chi connectivity index (χ3v) is 3.94. The number of hydrogen-bond donors (Lipinski definition) is 0. The Labute approximate surface area is 113 Å². The van der Waals surface area contributed by atoms with Crippen LogP contribution in [-0.2, 0) is 9.53 Å². The minimum Gasteiger partial charge on any atom is -0.469 e. The van der Waals surface area contributed by atoms with Gasteiger partial charge in [0.1, 0.15) is 5.82 Å². The number of aryl methyl sites for hydroxylation is 1. The van der Waals surface area contributed by atoms with Gasteiger partial charge in [-0.15, -0.1) is 0 Å². The van der Waals surface area contributed by atoms with E-state index in [9.17, 15) is 9.18 Å². The van der Waals surface area contributed by atoms with E-state index in [-0.39, 0.29) is 23.6 Å². The van der Waals surface area contributed by atoms with Crippen LogP contribution in [0.25, 0.3) is 0 Å². The van der Waals surface area contributed by atoms with Crippen molar-refractivity contribution in [3.05, 3.63) is 35.1 Å². The maximum Gasteiger partial charge on any atom is 0.310 e. The number of methoxy groups -OCH3 is 1. The first-order chi connectivity index (χ1) is 9.02. The van der Waals surface area contributed by atoms with Gasteiger partial charge < -0.3 is 9.64 Å². The number of benzene rings is 1. The molecule has 0 amide bonds. The molecule has 0 spiro atoms. The van der Waals surface area contributed by atoms with Gasteiger partial charge in [0.15, 0.2) is 0 Å². The number of carbonyl (C=O) groups excluding carboxylic acids is 1. The van der Waals surface area contributed by atoms with Gasteiger partial charge in [0, 0.05) is 6.54 Å². The van der Waals surface area contributed by atoms with Crippen molar-refractivity contribution in [2.24, 2.45) is 5.92 Å². The quantitative estimate of drug-likeness (QED) is 0.769. The molecular weight excluding hydrogens is 245 g/mol. The molecule has 1 aliphatic rings. The lowest BCUT2D eigenvalue weighted by atomic mass is 9.80. The highest BCUT2D eigenvalue weighted by molar-refractivity contribution is 5.74. The van der Waals surface area contributed by atoms with Crippen LogP contribution in [0.2, 0.25) is 0 Å². The summed E-state index contributed by atoms with van der Waals surface area (Å²) in [5.74, 6) is -0.595. The van der Waals surface area contributed by atoms with Gasteiger partial charge in [-0.05, 0) is 50.0 Å². The Hall–Kier alpha value is -1.42. The van der Waals surface area contributed by atoms with Crippen molar-refractivity contribution in [3.8, 4) is 0 Å². The van der Waals surface area contributed by atoms with E-state index in [1.807, 2.05) is 13.1 Å². The highest BCUT2D eigenvalue weighted by Gasteiger charge is 2.35. The van der Waals surface area contributed by atoms with E-state index in [1.54, 1.807) is 19.1 Å². The molecule has 1 aliphatic heterocycles. The SMILES string of the molecule is COC(=O)[C@H]1CN(C)CC[C@@H]1c1ccc(C)c(F)c1. The van der Waals surface area contributed by atoms with Crippen LogP contribution in [0.15, 0.2) is 18.2 Å². The maximum atomic E-state index is 13.7. The van der Waals surface area contributed by atoms with E-state index in [1.165, 1.54) is 7.11 Å². The summed E-state index contributed by atoms with van der Waals surface area (Å²) in [4.78, 5) is 14.0. The van der Waals surface area contributed by atoms with E-state index in [0.717, 1.165) is 18.5 Å². The molecule has 104 valence electrons. The summed E-state index contributed by atoms with van der Waals surface area (Å²) in [6.45, 7) is 3.31. The van der Waals surface area contributed by atoms with Crippen LogP contribution in [0.5, 0.6) is 0 Å². The van der Waals surface area contributed by atoms with Crippen LogP contribution >= 0.6 is 0 Å². The van der Waals surface area contributed by atoms with Gasteiger partial charge in [0.05, 0.1) is 13.0 Å². The molecule has 2 rings (SSSR count). The van der Waals surface area contributed by atoms with Gasteiger partial charge in [-0.25, -0.2) is 4.39 Å². The lowest BCUT2D eigenvalue weighted by Crippen LogP contribution is -2.41. The summed E-state index contributed by atoms with van der Waals surface area (Å²) in [6, 6.07) is 5.25. The molecule has 0 radical (unpaired) electrons. The number of nitrogens with zero attached hydrogens (tertiary/aromatic N) is 1. The third-order valence-electron chi connectivity index (χ3n) is 3.94. The molecule has 0 aromatic heterocycles. The van der Waals surface area contributed by atoms with Crippen molar-refractivity contribution < 1.29 is 13.9 Å². The summed E-state index contributed by atoms with van der Waals surface area (Å²) >= 11 is 0. The van der Waals surface area contributed by atoms with Crippen molar-refractivity contribution >= 4 is 5.97 Å². The van der Waals surface area contributed by atoms with Crippen molar-refractivity contribution in [2.75, 3.05) is 27.2 Å². The zero-order valence-electron chi connectivity index (χ0n) is 11.6. The second kappa shape index (κ2) is 5.70. The zero-order chi connectivity index (χ0) is 14.0. The first-order valence-corrected chi connectivity index (χ1v) is 6.55. The summed E-state index contributed by atoms with van der Waals surface area (Å²) < 4.78 is 18.6. The highest BCUT2D eigenvalue weighted by Crippen LogP contribution is 2.34. The molecule has 1 heterocycles. The number of piperidine rings is 1. The largest absolute Gasteiger partial charge is 0.469 e. The van der Waals surface area contributed by atoms with Gasteiger partial charge >= 0.3 is 5.97 Å². The second-order valence-electron chi connectivity index (χ2n) is 5.30. The maximum absolute atomic E-state index is 13.7. The smallest absolute Gasteiger partial charge is 0.310 e. The average molecular weight is 265 g/mol. The Bertz CT molecular complexity index is 475. The Balaban J connectivity index is 2.29. The van der Waals surface area contributed by atoms with Crippen molar-refractivity contribution in [1.82, 2.24) is 4.90 Å². The Morgan fingerprint density at radius 1 is 1.47 bits per heavy atom. The summed E-state index contributed by atoms with van der Waals surface area (Å²) in [5.41, 5.74) is 1.53. The Kier molecular flexibility index (Phi) is 4.20. The minimum atomic E-state index is -0.217. The molecule has 0 saturated carbocycles. The third kappa shape index (κ3) is 2.95. The van der Waals surface area contributed by atoms with E-state index in [4.69, 9.17) is 4.74 Å². The summed E-state index contributed by atoms with van der Waals surface area (Å²) in [6.07, 6.45) is 0.846. The van der Waals surface area contributed by atoms with E-state index in [0.29, 0.717) is 12.1 Å². The second-order valence-corrected chi connectivity index (χ2v) is 5.30. The molecule has 1 aromatic rings. The van der Waals surface area contributed by atoms with Crippen molar-refractivity contribution in [2.45, 2.75) is 19.3 Å². The molecule has 0 bridgehead atoms. The lowest BCUT2D eigenvalue weighted by molar-refractivity contribution is -0.148. The first-order valence-electron chi connectivity index (χ1n) is 6.55. The van der Waals surface area contributed by atoms with Crippen LogP contribution in [0.4, 0.5) is 4.39 Å². The fraction of sp³-hybridized carbons (Fsp3) is 0.533. The summed E-state index contributed by atoms with van der Waals surface area (Å²) in [7, 11) is 3.39. The minimum absolute atomic E-state index is 0.0405. The fourth-order valence-electron chi connectivity index (χ4n) is 2.74. The van der Waals surface area contributed by atoms with Crippen molar-refractivity contribution in [3.63, 3.8) is 0 Å². The van der Waals surface area contributed by atoms with Crippen LogP contribution in [0.1, 0.15) is 23.5 Å². The first kappa shape index (κ1) is 14.0. The van der Waals surface area contributed by atoms with Crippen LogP contribution in [0.3, 0.4) is 0 Å². The standard InChI is InChI=1S/C15H20FNO2/c1-10-4-5-11(8-14(10)16)12-6-7-17(2)9-13(12)15(18)19-3/h4-5,8,12-13H,6-7,9H2,1-3H3/t12-,13+/m1/s1. The molecule has 19 heavy (non-hydrogen) atoms. The number of esters is 1. The molecule has 1 fully saturated rings. The van der Waals surface area contributed by atoms with Gasteiger partial charge in [-0.1, -0.05) is 12.1 Å². The molecular formula is C15H20FNO2. The number of carbonyl (C=O) groups is 1. The molecule has 0 unspecified atom stereocenters. The molecule has 2 atom stereocenters. The molecule has 4 heteroatoms. The van der Waals surface area contributed by atoms with Gasteiger partial charge in [0.25, 0.3) is 0 Å². The number of hydrogen-bond acceptors (Lipinski definition) is 3. The monoisotopic (exact) mass is 265 g/mol. The molecule has 1 aromatic carbocycles. The Morgan fingerprint density at radius 2 is 2.21 bits per heavy atom. The summed E-state index contributed by atoms with van der Waals surface area (Å²) in [5, 5.41) is 0. The van der Waals surface area contributed by atoms with Crippen LogP contribution < -0.4 is 0 Å². The molecule has 0 aliphatic carbocycles. The zero-order valence-corrected chi connectivity index (χ0v) is 11.6. The molecule has 1 saturated heterocycles. The average Bonchev–Trinajstić information content (AvgIpc) is 2.41. The van der Waals surface area contributed by atoms with E-state index < -0.39 is 0 Å². The van der Waals surface area contributed by atoms with E-state index in [2.05, 4.69) is 4.90 Å². The lowest BCUT2D eigenvalue weighted by Gasteiger charge is -2.35. The van der Waals surface area contributed by atoms with E-state index >= 15 is 0 Å². The van der Waals surface area contributed by atoms with Gasteiger partial charge in [-0.3, -0.25) is 4.79 Å². The number of ether oxygens (including phenoxy) is 1. The molecule has 0 N–H and O–H groups in total. The normalized spacial score (nSPS) is 24.2. The predicted molar refractivity (Wildman–Crippen MR) is 71.5 cm³/mol. The highest BCUT2D eigenvalue weighted by atomic mass is 19.1. The topological polar surface area (TPSA) is 29.5 Å². The molecule has 3 nitrogen and oxygen atoms in total.